The van der Waals surface area contributed by atoms with Gasteiger partial charge in [0.15, 0.2) is 0 Å². The smallest absolute Gasteiger partial charge is 0.137 e. The van der Waals surface area contributed by atoms with Crippen LogP contribution in [-0.4, -0.2) is 0 Å². The van der Waals surface area contributed by atoms with Gasteiger partial charge in [0.2, 0.25) is 0 Å². The lowest BCUT2D eigenvalue weighted by Crippen LogP contribution is -2.50. The highest BCUT2D eigenvalue weighted by Gasteiger charge is 2.59. The van der Waals surface area contributed by atoms with Crippen molar-refractivity contribution in [3.8, 4) is 11.1 Å². The van der Waals surface area contributed by atoms with Crippen molar-refractivity contribution in [2.24, 2.45) is 10.8 Å². The van der Waals surface area contributed by atoms with Crippen LogP contribution in [0.25, 0.3) is 87.3 Å². The Balaban J connectivity index is 1.02. The van der Waals surface area contributed by atoms with Gasteiger partial charge in [0.1, 0.15) is 22.3 Å². The Morgan fingerprint density at radius 2 is 0.822 bits per heavy atom. The van der Waals surface area contributed by atoms with Crippen molar-refractivity contribution >= 4 is 110 Å². The third-order valence-electron chi connectivity index (χ3n) is 16.1. The maximum absolute atomic E-state index is 6.49. The van der Waals surface area contributed by atoms with Crippen molar-refractivity contribution in [3.05, 3.63) is 230 Å². The molecule has 0 aliphatic heterocycles. The molecule has 2 heterocycles. The van der Waals surface area contributed by atoms with Gasteiger partial charge in [-0.3, -0.25) is 0 Å². The number of furan rings is 2. The lowest BCUT2D eigenvalue weighted by molar-refractivity contribution is 0.0965. The molecule has 0 unspecified atom stereocenters. The van der Waals surface area contributed by atoms with Crippen LogP contribution >= 0.6 is 0 Å². The summed E-state index contributed by atoms with van der Waals surface area (Å²) in [7, 11) is 0. The van der Waals surface area contributed by atoms with Crippen LogP contribution in [-0.2, 0) is 5.41 Å². The van der Waals surface area contributed by atoms with E-state index < -0.39 is 5.41 Å². The molecular weight excluding hydrogens is 889 g/mol. The van der Waals surface area contributed by atoms with Gasteiger partial charge in [-0.2, -0.15) is 0 Å². The Labute approximate surface area is 425 Å². The molecular formula is C69H54N2O2. The maximum Gasteiger partial charge on any atom is 0.137 e. The van der Waals surface area contributed by atoms with Gasteiger partial charge in [-0.15, -0.1) is 0 Å². The SMILES string of the molecule is CC(C)(C)C1(C(C)(C)C)c2cc3cc(N(c4ccccc4)c4cccc5oc6ccccc6c45)ccc3cc2-c2c1c1ccc(N(c3ccccc3)c3cccc4oc5ccccc5c34)cc1c1ccccc21. The molecule has 4 nitrogen and oxygen atoms in total. The summed E-state index contributed by atoms with van der Waals surface area (Å²) in [4.78, 5) is 4.82. The van der Waals surface area contributed by atoms with E-state index in [2.05, 4.69) is 258 Å². The van der Waals surface area contributed by atoms with Crippen LogP contribution in [0.2, 0.25) is 0 Å². The molecule has 1 aliphatic carbocycles. The highest BCUT2D eigenvalue weighted by molar-refractivity contribution is 6.21. The molecule has 352 valence electrons. The van der Waals surface area contributed by atoms with E-state index >= 15 is 0 Å². The minimum atomic E-state index is -0.417. The van der Waals surface area contributed by atoms with E-state index in [4.69, 9.17) is 8.83 Å². The van der Waals surface area contributed by atoms with E-state index in [0.29, 0.717) is 0 Å². The van der Waals surface area contributed by atoms with Crippen molar-refractivity contribution in [2.75, 3.05) is 9.80 Å². The topological polar surface area (TPSA) is 32.8 Å². The zero-order chi connectivity index (χ0) is 49.4. The van der Waals surface area contributed by atoms with Crippen LogP contribution in [0.5, 0.6) is 0 Å². The molecule has 0 spiro atoms. The minimum Gasteiger partial charge on any atom is -0.456 e. The Morgan fingerprint density at radius 1 is 0.342 bits per heavy atom. The normalized spacial score (nSPS) is 13.5. The summed E-state index contributed by atoms with van der Waals surface area (Å²) in [5.41, 5.74) is 14.7. The quantitative estimate of drug-likeness (QED) is 0.156. The monoisotopic (exact) mass is 942 g/mol. The molecule has 0 radical (unpaired) electrons. The highest BCUT2D eigenvalue weighted by Crippen LogP contribution is 2.68. The fourth-order valence-electron chi connectivity index (χ4n) is 13.6. The average Bonchev–Trinajstić information content (AvgIpc) is 4.08. The molecule has 0 saturated heterocycles. The van der Waals surface area contributed by atoms with E-state index in [1.54, 1.807) is 0 Å². The summed E-state index contributed by atoms with van der Waals surface area (Å²) in [5.74, 6) is 0. The molecule has 0 atom stereocenters. The number of fused-ring (bicyclic) bond motifs is 15. The van der Waals surface area contributed by atoms with E-state index in [0.717, 1.165) is 78.0 Å². The molecule has 11 aromatic carbocycles. The van der Waals surface area contributed by atoms with Crippen LogP contribution < -0.4 is 9.80 Å². The Morgan fingerprint density at radius 3 is 1.38 bits per heavy atom. The second-order valence-electron chi connectivity index (χ2n) is 22.0. The number of benzene rings is 11. The summed E-state index contributed by atoms with van der Waals surface area (Å²) in [6.45, 7) is 14.8. The van der Waals surface area contributed by atoms with E-state index in [1.165, 1.54) is 54.6 Å². The van der Waals surface area contributed by atoms with Gasteiger partial charge in [0.25, 0.3) is 0 Å². The van der Waals surface area contributed by atoms with Gasteiger partial charge < -0.3 is 18.6 Å². The molecule has 13 aromatic rings. The van der Waals surface area contributed by atoms with Gasteiger partial charge in [-0.05, 0) is 162 Å². The van der Waals surface area contributed by atoms with Gasteiger partial charge in [0, 0.05) is 38.9 Å². The van der Waals surface area contributed by atoms with Crippen LogP contribution in [0, 0.1) is 10.8 Å². The predicted molar refractivity (Wildman–Crippen MR) is 308 cm³/mol. The molecule has 0 N–H and O–H groups in total. The molecule has 0 saturated carbocycles. The molecule has 0 fully saturated rings. The molecule has 73 heavy (non-hydrogen) atoms. The Hall–Kier alpha value is -8.60. The van der Waals surface area contributed by atoms with E-state index in [1.807, 2.05) is 12.1 Å². The number of para-hydroxylation sites is 4. The van der Waals surface area contributed by atoms with Gasteiger partial charge in [-0.25, -0.2) is 0 Å². The van der Waals surface area contributed by atoms with Gasteiger partial charge in [-0.1, -0.05) is 163 Å². The number of hydrogen-bond acceptors (Lipinski definition) is 4. The molecule has 1 aliphatic rings. The lowest BCUT2D eigenvalue weighted by atomic mass is 9.49. The first-order chi connectivity index (χ1) is 35.5. The standard InChI is InChI=1S/C69H54N2O2/c1-67(2,3)69(68(4,5)6)56-41-44-39-47(70(45-21-9-7-10-22-45)57-29-19-33-61-64(57)52-27-15-17-31-59(52)72-61)36-35-43(44)40-55(56)63-50-26-14-13-25-49(50)54-42-48(37-38-51(54)66(63)69)71(46-23-11-8-12-24-46)58-30-20-34-62-65(58)53-28-16-18-32-60(53)73-62/h7-42H,1-6H3. The van der Waals surface area contributed by atoms with Crippen molar-refractivity contribution < 1.29 is 8.83 Å². The summed E-state index contributed by atoms with van der Waals surface area (Å²) in [6.07, 6.45) is 0. The van der Waals surface area contributed by atoms with Crippen molar-refractivity contribution in [2.45, 2.75) is 47.0 Å². The largest absolute Gasteiger partial charge is 0.456 e. The maximum atomic E-state index is 6.49. The number of anilines is 6. The first-order valence-corrected chi connectivity index (χ1v) is 25.6. The summed E-state index contributed by atoms with van der Waals surface area (Å²) in [5, 5.41) is 11.9. The Bertz CT molecular complexity index is 4340. The van der Waals surface area contributed by atoms with Crippen molar-refractivity contribution in [1.82, 2.24) is 0 Å². The molecule has 2 aromatic heterocycles. The fraction of sp³-hybridized carbons (Fsp3) is 0.130. The first kappa shape index (κ1) is 43.2. The van der Waals surface area contributed by atoms with E-state index in [9.17, 15) is 0 Å². The van der Waals surface area contributed by atoms with E-state index in [-0.39, 0.29) is 10.8 Å². The first-order valence-electron chi connectivity index (χ1n) is 25.6. The molecule has 14 rings (SSSR count). The number of rotatable bonds is 6. The van der Waals surface area contributed by atoms with Gasteiger partial charge in [0.05, 0.1) is 22.1 Å². The second kappa shape index (κ2) is 15.7. The summed E-state index contributed by atoms with van der Waals surface area (Å²) >= 11 is 0. The number of nitrogens with zero attached hydrogens (tertiary/aromatic N) is 2. The van der Waals surface area contributed by atoms with Crippen LogP contribution in [0.1, 0.15) is 52.7 Å². The summed E-state index contributed by atoms with van der Waals surface area (Å²) in [6, 6.07) is 79.6. The third-order valence-corrected chi connectivity index (χ3v) is 16.1. The van der Waals surface area contributed by atoms with Crippen LogP contribution in [0.15, 0.2) is 227 Å². The minimum absolute atomic E-state index is 0.216. The van der Waals surface area contributed by atoms with Crippen molar-refractivity contribution in [3.63, 3.8) is 0 Å². The Kier molecular flexibility index (Phi) is 9.29. The molecule has 4 heteroatoms. The highest BCUT2D eigenvalue weighted by atomic mass is 16.3. The predicted octanol–water partition coefficient (Wildman–Crippen LogP) is 20.2. The summed E-state index contributed by atoms with van der Waals surface area (Å²) < 4.78 is 13.0. The van der Waals surface area contributed by atoms with Gasteiger partial charge >= 0.3 is 0 Å². The molecule has 0 bridgehead atoms. The molecule has 0 amide bonds. The second-order valence-corrected chi connectivity index (χ2v) is 22.0. The van der Waals surface area contributed by atoms with Crippen LogP contribution in [0.4, 0.5) is 34.1 Å². The third kappa shape index (κ3) is 6.20. The zero-order valence-electron chi connectivity index (χ0n) is 42.0. The number of hydrogen-bond donors (Lipinski definition) is 0. The average molecular weight is 943 g/mol. The van der Waals surface area contributed by atoms with Crippen molar-refractivity contribution in [1.29, 1.82) is 0 Å². The lowest BCUT2D eigenvalue weighted by Gasteiger charge is -2.53. The zero-order valence-corrected chi connectivity index (χ0v) is 42.0. The van der Waals surface area contributed by atoms with Crippen LogP contribution in [0.3, 0.4) is 0 Å². The fourth-order valence-corrected chi connectivity index (χ4v) is 13.6.